The molecule has 1 aromatic carbocycles. The van der Waals surface area contributed by atoms with E-state index in [1.54, 1.807) is 42.2 Å². The lowest BCUT2D eigenvalue weighted by molar-refractivity contribution is 0.205. The zero-order valence-electron chi connectivity index (χ0n) is 17.3. The monoisotopic (exact) mass is 441 g/mol. The summed E-state index contributed by atoms with van der Waals surface area (Å²) < 4.78 is 35.2. The maximum Gasteiger partial charge on any atom is 0.319 e. The van der Waals surface area contributed by atoms with E-state index in [9.17, 15) is 8.78 Å². The summed E-state index contributed by atoms with van der Waals surface area (Å²) in [5.41, 5.74) is 2.25. The molecule has 5 rings (SSSR count). The van der Waals surface area contributed by atoms with E-state index in [-0.39, 0.29) is 15.0 Å². The molecule has 1 saturated heterocycles. The van der Waals surface area contributed by atoms with Gasteiger partial charge in [-0.3, -0.25) is 0 Å². The maximum absolute atomic E-state index is 14.3. The van der Waals surface area contributed by atoms with Crippen LogP contribution >= 0.6 is 0 Å². The minimum atomic E-state index is -0.625. The minimum Gasteiger partial charge on any atom is -0.459 e. The molecule has 168 valence electrons. The molecular weight excluding hydrogens is 416 g/mol. The standard InChI is InChI=1S/C22H21F2N7O.2H2/c1-13(16-4-3-14(23)9-18(16)24)28-20-10-19(17-12-27-31-8-2-6-26-21(17)31)29-22(30-20)32-15-5-7-25-11-15;;/h2-4,6,8-10,12-13,15,25H,5,7,11H2,1H3,(H,28,29,30);2*1H/t13-,15?;;/m0../s1. The van der Waals surface area contributed by atoms with Gasteiger partial charge in [-0.05, 0) is 32.0 Å². The number of halogens is 2. The van der Waals surface area contributed by atoms with Crippen molar-refractivity contribution in [3.63, 3.8) is 0 Å². The highest BCUT2D eigenvalue weighted by atomic mass is 19.1. The molecule has 4 aromatic rings. The van der Waals surface area contributed by atoms with Gasteiger partial charge in [-0.25, -0.2) is 18.3 Å². The SMILES string of the molecule is C[C@H](Nc1cc(-c2cnn3cccnc23)nc(OC2CCNC2)n1)c1ccc(F)cc1F.[HH].[HH]. The third kappa shape index (κ3) is 4.09. The third-order valence-corrected chi connectivity index (χ3v) is 5.34. The van der Waals surface area contributed by atoms with Crippen LogP contribution in [0.1, 0.15) is 27.8 Å². The Hall–Kier alpha value is -3.66. The van der Waals surface area contributed by atoms with Gasteiger partial charge in [0.05, 0.1) is 23.5 Å². The molecule has 0 saturated carbocycles. The Morgan fingerprint density at radius 3 is 3.00 bits per heavy atom. The number of benzene rings is 1. The number of ether oxygens (including phenoxy) is 1. The van der Waals surface area contributed by atoms with Crippen LogP contribution in [0.3, 0.4) is 0 Å². The summed E-state index contributed by atoms with van der Waals surface area (Å²) in [4.78, 5) is 13.5. The Labute approximate surface area is 185 Å². The molecule has 8 nitrogen and oxygen atoms in total. The topological polar surface area (TPSA) is 89.3 Å². The van der Waals surface area contributed by atoms with Crippen molar-refractivity contribution in [2.45, 2.75) is 25.5 Å². The molecule has 0 aliphatic carbocycles. The smallest absolute Gasteiger partial charge is 0.319 e. The van der Waals surface area contributed by atoms with Crippen molar-refractivity contribution >= 4 is 11.5 Å². The molecule has 1 aliphatic rings. The van der Waals surface area contributed by atoms with Crippen molar-refractivity contribution in [2.75, 3.05) is 18.4 Å². The van der Waals surface area contributed by atoms with E-state index in [0.717, 1.165) is 19.0 Å². The van der Waals surface area contributed by atoms with Crippen LogP contribution in [0, 0.1) is 11.6 Å². The number of rotatable bonds is 6. The van der Waals surface area contributed by atoms with Crippen molar-refractivity contribution in [3.8, 4) is 17.3 Å². The number of fused-ring (bicyclic) bond motifs is 1. The van der Waals surface area contributed by atoms with Crippen LogP contribution in [0.25, 0.3) is 16.9 Å². The summed E-state index contributed by atoms with van der Waals surface area (Å²) in [6.07, 6.45) is 5.98. The summed E-state index contributed by atoms with van der Waals surface area (Å²) in [6, 6.07) is 6.78. The molecule has 2 atom stereocenters. The Kier molecular flexibility index (Phi) is 5.36. The highest BCUT2D eigenvalue weighted by Gasteiger charge is 2.20. The average molecular weight is 441 g/mol. The summed E-state index contributed by atoms with van der Waals surface area (Å²) in [5.74, 6) is -0.800. The van der Waals surface area contributed by atoms with Crippen LogP contribution < -0.4 is 15.4 Å². The van der Waals surface area contributed by atoms with E-state index in [4.69, 9.17) is 4.74 Å². The summed E-state index contributed by atoms with van der Waals surface area (Å²) >= 11 is 0. The quantitative estimate of drug-likeness (QED) is 0.470. The highest BCUT2D eigenvalue weighted by Crippen LogP contribution is 2.28. The molecular formula is C22H25F2N7O. The number of hydrogen-bond donors (Lipinski definition) is 2. The van der Waals surface area contributed by atoms with Crippen LogP contribution in [0.4, 0.5) is 14.6 Å². The first-order valence-corrected chi connectivity index (χ1v) is 10.3. The molecule has 1 fully saturated rings. The molecule has 1 unspecified atom stereocenters. The van der Waals surface area contributed by atoms with Gasteiger partial charge in [-0.2, -0.15) is 15.1 Å². The second-order valence-corrected chi connectivity index (χ2v) is 7.63. The first-order chi connectivity index (χ1) is 15.6. The Morgan fingerprint density at radius 1 is 1.28 bits per heavy atom. The number of nitrogens with zero attached hydrogens (tertiary/aromatic N) is 5. The van der Waals surface area contributed by atoms with E-state index in [0.29, 0.717) is 34.8 Å². The predicted molar refractivity (Wildman–Crippen MR) is 119 cm³/mol. The van der Waals surface area contributed by atoms with Gasteiger partial charge >= 0.3 is 6.01 Å². The normalized spacial score (nSPS) is 16.9. The molecule has 4 heterocycles. The van der Waals surface area contributed by atoms with E-state index in [2.05, 4.69) is 30.7 Å². The fourth-order valence-corrected chi connectivity index (χ4v) is 3.73. The molecule has 0 spiro atoms. The lowest BCUT2D eigenvalue weighted by Gasteiger charge is -2.18. The van der Waals surface area contributed by atoms with Gasteiger partial charge < -0.3 is 15.4 Å². The Morgan fingerprint density at radius 2 is 2.19 bits per heavy atom. The summed E-state index contributed by atoms with van der Waals surface area (Å²) in [6.45, 7) is 3.36. The van der Waals surface area contributed by atoms with Crippen LogP contribution in [-0.2, 0) is 0 Å². The van der Waals surface area contributed by atoms with E-state index >= 15 is 0 Å². The average Bonchev–Trinajstić information content (AvgIpc) is 3.43. The lowest BCUT2D eigenvalue weighted by atomic mass is 10.1. The van der Waals surface area contributed by atoms with Gasteiger partial charge in [0.25, 0.3) is 0 Å². The number of hydrogen-bond acceptors (Lipinski definition) is 7. The van der Waals surface area contributed by atoms with Gasteiger partial charge in [0.2, 0.25) is 0 Å². The van der Waals surface area contributed by atoms with Crippen molar-refractivity contribution in [1.29, 1.82) is 0 Å². The number of aromatic nitrogens is 5. The van der Waals surface area contributed by atoms with Gasteiger partial charge in [-0.1, -0.05) is 6.07 Å². The fraction of sp³-hybridized carbons (Fsp3) is 0.273. The summed E-state index contributed by atoms with van der Waals surface area (Å²) in [7, 11) is 0. The molecule has 2 N–H and O–H groups in total. The van der Waals surface area contributed by atoms with Crippen LogP contribution in [-0.4, -0.2) is 43.8 Å². The Bertz CT molecular complexity index is 1270. The van der Waals surface area contributed by atoms with E-state index in [1.165, 1.54) is 12.1 Å². The number of anilines is 1. The summed E-state index contributed by atoms with van der Waals surface area (Å²) in [5, 5.41) is 10.7. The molecule has 0 radical (unpaired) electrons. The molecule has 32 heavy (non-hydrogen) atoms. The fourth-order valence-electron chi connectivity index (χ4n) is 3.73. The molecule has 0 bridgehead atoms. The van der Waals surface area contributed by atoms with Crippen molar-refractivity contribution in [2.24, 2.45) is 0 Å². The van der Waals surface area contributed by atoms with Gasteiger partial charge in [-0.15, -0.1) is 0 Å². The molecule has 3 aromatic heterocycles. The maximum atomic E-state index is 14.3. The van der Waals surface area contributed by atoms with Crippen molar-refractivity contribution < 1.29 is 16.4 Å². The van der Waals surface area contributed by atoms with Gasteiger partial charge in [0.15, 0.2) is 5.65 Å². The highest BCUT2D eigenvalue weighted by molar-refractivity contribution is 5.75. The van der Waals surface area contributed by atoms with Gasteiger partial charge in [0, 0.05) is 39.5 Å². The van der Waals surface area contributed by atoms with E-state index in [1.807, 2.05) is 0 Å². The predicted octanol–water partition coefficient (Wildman–Crippen LogP) is 3.87. The Balaban J connectivity index is 0.00000162. The van der Waals surface area contributed by atoms with Crippen LogP contribution in [0.15, 0.2) is 48.9 Å². The van der Waals surface area contributed by atoms with Crippen LogP contribution in [0.2, 0.25) is 0 Å². The van der Waals surface area contributed by atoms with E-state index < -0.39 is 17.7 Å². The van der Waals surface area contributed by atoms with Crippen molar-refractivity contribution in [1.82, 2.24) is 29.9 Å². The van der Waals surface area contributed by atoms with Crippen LogP contribution in [0.5, 0.6) is 6.01 Å². The molecule has 1 aliphatic heterocycles. The van der Waals surface area contributed by atoms with Crippen molar-refractivity contribution in [3.05, 3.63) is 66.1 Å². The lowest BCUT2D eigenvalue weighted by Crippen LogP contribution is -2.21. The zero-order chi connectivity index (χ0) is 22.1. The van der Waals surface area contributed by atoms with Gasteiger partial charge in [0.1, 0.15) is 23.6 Å². The second-order valence-electron chi connectivity index (χ2n) is 7.63. The minimum absolute atomic E-state index is 0. The number of nitrogens with one attached hydrogen (secondary N) is 2. The largest absolute Gasteiger partial charge is 0.459 e. The molecule has 0 amide bonds. The molecule has 10 heteroatoms. The first kappa shape index (κ1) is 20.3. The second kappa shape index (κ2) is 8.46. The third-order valence-electron chi connectivity index (χ3n) is 5.34. The zero-order valence-corrected chi connectivity index (χ0v) is 17.3. The first-order valence-electron chi connectivity index (χ1n) is 10.3.